The number of aromatic carboxylic acids is 1. The topological polar surface area (TPSA) is 85.8 Å². The van der Waals surface area contributed by atoms with Gasteiger partial charge in [-0.2, -0.15) is 5.10 Å². The molecule has 0 saturated heterocycles. The van der Waals surface area contributed by atoms with E-state index in [4.69, 9.17) is 5.11 Å². The molecule has 0 atom stereocenters. The zero-order valence-corrected chi connectivity index (χ0v) is 13.2. The van der Waals surface area contributed by atoms with Gasteiger partial charge in [0.1, 0.15) is 0 Å². The van der Waals surface area contributed by atoms with Crippen molar-refractivity contribution in [3.8, 4) is 0 Å². The van der Waals surface area contributed by atoms with Crippen molar-refractivity contribution in [3.05, 3.63) is 27.2 Å². The number of hydrogen-bond acceptors (Lipinski definition) is 4. The van der Waals surface area contributed by atoms with Crippen molar-refractivity contribution < 1.29 is 9.90 Å². The second-order valence-electron chi connectivity index (χ2n) is 4.39. The van der Waals surface area contributed by atoms with E-state index >= 15 is 0 Å². The van der Waals surface area contributed by atoms with Gasteiger partial charge in [-0.05, 0) is 28.8 Å². The fourth-order valence-electron chi connectivity index (χ4n) is 2.11. The van der Waals surface area contributed by atoms with Gasteiger partial charge in [0.05, 0.1) is 28.1 Å². The van der Waals surface area contributed by atoms with Crippen molar-refractivity contribution in [2.45, 2.75) is 33.2 Å². The fraction of sp³-hybridized carbons (Fsp3) is 0.500. The van der Waals surface area contributed by atoms with Gasteiger partial charge in [-0.1, -0.05) is 19.1 Å². The predicted octanol–water partition coefficient (Wildman–Crippen LogP) is 1.65. The number of hydrogen-bond donors (Lipinski definition) is 1. The zero-order chi connectivity index (χ0) is 14.9. The molecule has 0 fully saturated rings. The minimum Gasteiger partial charge on any atom is -0.476 e. The molecule has 8 heteroatoms. The second kappa shape index (κ2) is 5.74. The van der Waals surface area contributed by atoms with Crippen LogP contribution in [0.25, 0.3) is 0 Å². The van der Waals surface area contributed by atoms with E-state index < -0.39 is 5.97 Å². The first kappa shape index (κ1) is 14.7. The molecule has 0 unspecified atom stereocenters. The Morgan fingerprint density at radius 2 is 2.00 bits per heavy atom. The summed E-state index contributed by atoms with van der Waals surface area (Å²) in [7, 11) is 1.86. The molecule has 2 heterocycles. The molecule has 2 aromatic rings. The highest BCUT2D eigenvalue weighted by Crippen LogP contribution is 2.23. The van der Waals surface area contributed by atoms with Crippen LogP contribution in [-0.4, -0.2) is 35.9 Å². The van der Waals surface area contributed by atoms with Crippen LogP contribution < -0.4 is 0 Å². The quantitative estimate of drug-likeness (QED) is 0.893. The Labute approximate surface area is 124 Å². The zero-order valence-electron chi connectivity index (χ0n) is 11.6. The maximum Gasteiger partial charge on any atom is 0.358 e. The van der Waals surface area contributed by atoms with Gasteiger partial charge in [-0.25, -0.2) is 9.48 Å². The minimum atomic E-state index is -1.05. The van der Waals surface area contributed by atoms with E-state index in [1.54, 1.807) is 9.36 Å². The van der Waals surface area contributed by atoms with Gasteiger partial charge < -0.3 is 5.11 Å². The van der Waals surface area contributed by atoms with Crippen molar-refractivity contribution >= 4 is 21.9 Å². The summed E-state index contributed by atoms with van der Waals surface area (Å²) in [6.07, 6.45) is 1.39. The number of halogens is 1. The van der Waals surface area contributed by atoms with Gasteiger partial charge in [-0.3, -0.25) is 4.68 Å². The normalized spacial score (nSPS) is 11.0. The van der Waals surface area contributed by atoms with Crippen LogP contribution in [0.15, 0.2) is 4.47 Å². The molecule has 20 heavy (non-hydrogen) atoms. The Morgan fingerprint density at radius 3 is 2.50 bits per heavy atom. The molecule has 0 bridgehead atoms. The van der Waals surface area contributed by atoms with Gasteiger partial charge in [-0.15, -0.1) is 5.10 Å². The lowest BCUT2D eigenvalue weighted by Gasteiger charge is -2.06. The maximum atomic E-state index is 11.1. The van der Waals surface area contributed by atoms with Gasteiger partial charge >= 0.3 is 5.97 Å². The van der Waals surface area contributed by atoms with Crippen LogP contribution in [0.5, 0.6) is 0 Å². The largest absolute Gasteiger partial charge is 0.476 e. The van der Waals surface area contributed by atoms with Crippen LogP contribution in [0.4, 0.5) is 0 Å². The predicted molar refractivity (Wildman–Crippen MR) is 75.7 cm³/mol. The van der Waals surface area contributed by atoms with E-state index in [0.717, 1.165) is 22.3 Å². The lowest BCUT2D eigenvalue weighted by atomic mass is 10.2. The molecule has 1 N–H and O–H groups in total. The van der Waals surface area contributed by atoms with Crippen LogP contribution in [-0.2, 0) is 26.4 Å². The summed E-state index contributed by atoms with van der Waals surface area (Å²) < 4.78 is 4.34. The van der Waals surface area contributed by atoms with E-state index in [2.05, 4.69) is 31.3 Å². The molecule has 7 nitrogen and oxygen atoms in total. The molecule has 0 radical (unpaired) electrons. The lowest BCUT2D eigenvalue weighted by molar-refractivity contribution is 0.0689. The molecular weight excluding hydrogens is 326 g/mol. The van der Waals surface area contributed by atoms with Gasteiger partial charge in [0.2, 0.25) is 0 Å². The van der Waals surface area contributed by atoms with Crippen molar-refractivity contribution in [2.24, 2.45) is 7.05 Å². The Balaban J connectivity index is 2.40. The van der Waals surface area contributed by atoms with Crippen LogP contribution >= 0.6 is 15.9 Å². The molecule has 2 rings (SSSR count). The summed E-state index contributed by atoms with van der Waals surface area (Å²) in [6, 6.07) is 0. The van der Waals surface area contributed by atoms with Gasteiger partial charge in [0.25, 0.3) is 0 Å². The second-order valence-corrected chi connectivity index (χ2v) is 5.18. The summed E-state index contributed by atoms with van der Waals surface area (Å²) in [6.45, 7) is 4.36. The molecule has 2 aromatic heterocycles. The fourth-order valence-corrected chi connectivity index (χ4v) is 2.85. The van der Waals surface area contributed by atoms with Gasteiger partial charge in [0.15, 0.2) is 5.69 Å². The van der Waals surface area contributed by atoms with E-state index in [9.17, 15) is 4.79 Å². The summed E-state index contributed by atoms with van der Waals surface area (Å²) in [5.74, 6) is -1.05. The van der Waals surface area contributed by atoms with Crippen LogP contribution in [0.1, 0.15) is 41.4 Å². The third-order valence-corrected chi connectivity index (χ3v) is 4.09. The maximum absolute atomic E-state index is 11.1. The summed E-state index contributed by atoms with van der Waals surface area (Å²) in [5.41, 5.74) is 2.54. The molecule has 0 aliphatic rings. The Morgan fingerprint density at radius 1 is 1.30 bits per heavy atom. The van der Waals surface area contributed by atoms with Crippen molar-refractivity contribution in [1.82, 2.24) is 24.8 Å². The number of aromatic nitrogens is 5. The Bertz CT molecular complexity index is 647. The molecule has 0 aliphatic carbocycles. The SMILES string of the molecule is CCc1nn(C)c(Cn2nnc(C(=O)O)c2CC)c1Br. The van der Waals surface area contributed by atoms with Gasteiger partial charge in [0, 0.05) is 7.05 Å². The van der Waals surface area contributed by atoms with Crippen LogP contribution in [0.3, 0.4) is 0 Å². The number of carboxylic acids is 1. The number of carboxylic acid groups (broad SMARTS) is 1. The first-order valence-corrected chi connectivity index (χ1v) is 7.14. The highest BCUT2D eigenvalue weighted by molar-refractivity contribution is 9.10. The van der Waals surface area contributed by atoms with E-state index in [0.29, 0.717) is 18.7 Å². The molecule has 0 saturated carbocycles. The molecule has 0 aromatic carbocycles. The minimum absolute atomic E-state index is 0.0153. The molecule has 0 aliphatic heterocycles. The first-order valence-electron chi connectivity index (χ1n) is 6.35. The molecule has 108 valence electrons. The standard InChI is InChI=1S/C12H16BrN5O2/c1-4-7-10(13)9(17(3)15-7)6-18-8(5-2)11(12(19)20)14-16-18/h4-6H2,1-3H3,(H,19,20). The Hall–Kier alpha value is -1.70. The van der Waals surface area contributed by atoms with Crippen LogP contribution in [0.2, 0.25) is 0 Å². The van der Waals surface area contributed by atoms with Crippen molar-refractivity contribution in [3.63, 3.8) is 0 Å². The average molecular weight is 342 g/mol. The smallest absolute Gasteiger partial charge is 0.358 e. The highest BCUT2D eigenvalue weighted by atomic mass is 79.9. The molecule has 0 spiro atoms. The lowest BCUT2D eigenvalue weighted by Crippen LogP contribution is -2.11. The number of rotatable bonds is 5. The molecule has 0 amide bonds. The van der Waals surface area contributed by atoms with Crippen LogP contribution in [0, 0.1) is 0 Å². The Kier molecular flexibility index (Phi) is 4.22. The van der Waals surface area contributed by atoms with Crippen molar-refractivity contribution in [1.29, 1.82) is 0 Å². The monoisotopic (exact) mass is 341 g/mol. The molecular formula is C12H16BrN5O2. The summed E-state index contributed by atoms with van der Waals surface area (Å²) in [4.78, 5) is 11.1. The number of nitrogens with zero attached hydrogens (tertiary/aromatic N) is 5. The van der Waals surface area contributed by atoms with E-state index in [1.165, 1.54) is 0 Å². The average Bonchev–Trinajstić information content (AvgIpc) is 2.94. The third kappa shape index (κ3) is 2.47. The first-order chi connectivity index (χ1) is 9.49. The summed E-state index contributed by atoms with van der Waals surface area (Å²) >= 11 is 3.54. The van der Waals surface area contributed by atoms with E-state index in [-0.39, 0.29) is 5.69 Å². The van der Waals surface area contributed by atoms with Crippen molar-refractivity contribution in [2.75, 3.05) is 0 Å². The number of carbonyl (C=O) groups is 1. The number of aryl methyl sites for hydroxylation is 2. The van der Waals surface area contributed by atoms with E-state index in [1.807, 2.05) is 20.9 Å². The summed E-state index contributed by atoms with van der Waals surface area (Å²) in [5, 5.41) is 21.2. The third-order valence-electron chi connectivity index (χ3n) is 3.18. The highest BCUT2D eigenvalue weighted by Gasteiger charge is 2.20.